The third-order valence-corrected chi connectivity index (χ3v) is 5.23. The zero-order valence-electron chi connectivity index (χ0n) is 13.4. The number of hydrogen-bond donors (Lipinski definition) is 1. The molecule has 0 aromatic carbocycles. The van der Waals surface area contributed by atoms with E-state index in [0.717, 1.165) is 23.6 Å². The molecule has 0 radical (unpaired) electrons. The summed E-state index contributed by atoms with van der Waals surface area (Å²) >= 11 is 1.53. The molecule has 24 heavy (non-hydrogen) atoms. The molecule has 0 saturated heterocycles. The molecule has 1 N–H and O–H groups in total. The van der Waals surface area contributed by atoms with Crippen molar-refractivity contribution < 1.29 is 9.59 Å². The molecule has 7 heteroatoms. The highest BCUT2D eigenvalue weighted by atomic mass is 32.1. The first-order valence-corrected chi connectivity index (χ1v) is 9.26. The summed E-state index contributed by atoms with van der Waals surface area (Å²) in [5.41, 5.74) is 1.60. The van der Waals surface area contributed by atoms with Crippen LogP contribution in [-0.2, 0) is 24.4 Å². The van der Waals surface area contributed by atoms with E-state index in [1.54, 1.807) is 0 Å². The molecule has 1 aliphatic carbocycles. The van der Waals surface area contributed by atoms with Gasteiger partial charge in [0.2, 0.25) is 5.91 Å². The van der Waals surface area contributed by atoms with E-state index in [9.17, 15) is 9.59 Å². The van der Waals surface area contributed by atoms with Crippen LogP contribution in [0.1, 0.15) is 41.1 Å². The average molecular weight is 344 g/mol. The van der Waals surface area contributed by atoms with Crippen molar-refractivity contribution in [2.75, 3.05) is 6.54 Å². The Morgan fingerprint density at radius 1 is 1.33 bits per heavy atom. The summed E-state index contributed by atoms with van der Waals surface area (Å²) in [6.45, 7) is 2.41. The first-order chi connectivity index (χ1) is 11.7. The third-order valence-electron chi connectivity index (χ3n) is 4.55. The number of rotatable bonds is 5. The molecule has 0 atom stereocenters. The SMILES string of the molecule is O=C(CC1CC1)NCc1cn2c(n1)CN(C(=O)c1ccsc1)CC2. The Morgan fingerprint density at radius 3 is 2.96 bits per heavy atom. The smallest absolute Gasteiger partial charge is 0.255 e. The maximum atomic E-state index is 12.4. The predicted octanol–water partition coefficient (Wildman–Crippen LogP) is 2.02. The van der Waals surface area contributed by atoms with Gasteiger partial charge in [0.1, 0.15) is 5.82 Å². The minimum Gasteiger partial charge on any atom is -0.350 e. The van der Waals surface area contributed by atoms with E-state index in [0.29, 0.717) is 32.0 Å². The standard InChI is InChI=1S/C17H20N4O2S/c22-16(7-12-1-2-12)18-8-14-9-20-4-5-21(10-15(20)19-14)17(23)13-3-6-24-11-13/h3,6,9,11-12H,1-2,4-5,7-8,10H2,(H,18,22). The van der Waals surface area contributed by atoms with Crippen LogP contribution in [0.5, 0.6) is 0 Å². The van der Waals surface area contributed by atoms with Gasteiger partial charge >= 0.3 is 0 Å². The summed E-state index contributed by atoms with van der Waals surface area (Å²) in [4.78, 5) is 30.6. The van der Waals surface area contributed by atoms with Gasteiger partial charge in [-0.3, -0.25) is 9.59 Å². The van der Waals surface area contributed by atoms with Gasteiger partial charge in [0, 0.05) is 31.1 Å². The van der Waals surface area contributed by atoms with E-state index < -0.39 is 0 Å². The van der Waals surface area contributed by atoms with Crippen LogP contribution < -0.4 is 5.32 Å². The molecule has 1 fully saturated rings. The summed E-state index contributed by atoms with van der Waals surface area (Å²) in [5.74, 6) is 1.65. The zero-order valence-corrected chi connectivity index (χ0v) is 14.2. The predicted molar refractivity (Wildman–Crippen MR) is 90.5 cm³/mol. The van der Waals surface area contributed by atoms with Crippen molar-refractivity contribution in [1.29, 1.82) is 0 Å². The van der Waals surface area contributed by atoms with E-state index >= 15 is 0 Å². The largest absolute Gasteiger partial charge is 0.350 e. The Labute approximate surface area is 144 Å². The van der Waals surface area contributed by atoms with Gasteiger partial charge in [-0.05, 0) is 30.2 Å². The second-order valence-electron chi connectivity index (χ2n) is 6.50. The van der Waals surface area contributed by atoms with Crippen molar-refractivity contribution in [3.8, 4) is 0 Å². The summed E-state index contributed by atoms with van der Waals surface area (Å²) in [7, 11) is 0. The Balaban J connectivity index is 1.36. The van der Waals surface area contributed by atoms with Crippen molar-refractivity contribution in [1.82, 2.24) is 19.8 Å². The Hall–Kier alpha value is -2.15. The first-order valence-electron chi connectivity index (χ1n) is 8.32. The zero-order chi connectivity index (χ0) is 16.5. The highest BCUT2D eigenvalue weighted by Crippen LogP contribution is 2.32. The van der Waals surface area contributed by atoms with Gasteiger partial charge in [0.15, 0.2) is 0 Å². The number of carbonyl (C=O) groups excluding carboxylic acids is 2. The first kappa shape index (κ1) is 15.4. The molecule has 0 spiro atoms. The minimum atomic E-state index is 0.0600. The number of fused-ring (bicyclic) bond motifs is 1. The molecule has 1 aliphatic heterocycles. The van der Waals surface area contributed by atoms with Crippen molar-refractivity contribution in [3.63, 3.8) is 0 Å². The molecule has 3 heterocycles. The number of imidazole rings is 1. The van der Waals surface area contributed by atoms with E-state index in [2.05, 4.69) is 14.9 Å². The van der Waals surface area contributed by atoms with Crippen molar-refractivity contribution in [3.05, 3.63) is 40.1 Å². The number of amides is 2. The normalized spacial score (nSPS) is 16.8. The summed E-state index contributed by atoms with van der Waals surface area (Å²) in [6, 6.07) is 1.86. The number of thiophene rings is 1. The highest BCUT2D eigenvalue weighted by Gasteiger charge is 2.25. The Kier molecular flexibility index (Phi) is 4.10. The molecule has 126 valence electrons. The maximum Gasteiger partial charge on any atom is 0.255 e. The molecule has 2 aromatic rings. The summed E-state index contributed by atoms with van der Waals surface area (Å²) in [6.07, 6.45) is 4.98. The molecule has 0 bridgehead atoms. The van der Waals surface area contributed by atoms with Crippen LogP contribution in [0.2, 0.25) is 0 Å². The highest BCUT2D eigenvalue weighted by molar-refractivity contribution is 7.08. The van der Waals surface area contributed by atoms with E-state index in [-0.39, 0.29) is 11.8 Å². The van der Waals surface area contributed by atoms with Crippen LogP contribution in [0.15, 0.2) is 23.0 Å². The fraction of sp³-hybridized carbons (Fsp3) is 0.471. The van der Waals surface area contributed by atoms with E-state index in [1.807, 2.05) is 27.9 Å². The summed E-state index contributed by atoms with van der Waals surface area (Å²) < 4.78 is 2.08. The lowest BCUT2D eigenvalue weighted by Crippen LogP contribution is -2.38. The number of carbonyl (C=O) groups is 2. The van der Waals surface area contributed by atoms with Crippen LogP contribution in [0.4, 0.5) is 0 Å². The molecular weight excluding hydrogens is 324 g/mol. The summed E-state index contributed by atoms with van der Waals surface area (Å²) in [5, 5.41) is 6.74. The lowest BCUT2D eigenvalue weighted by molar-refractivity contribution is -0.121. The van der Waals surface area contributed by atoms with Crippen LogP contribution >= 0.6 is 11.3 Å². The molecule has 2 aromatic heterocycles. The fourth-order valence-electron chi connectivity index (χ4n) is 2.98. The Morgan fingerprint density at radius 2 is 2.21 bits per heavy atom. The van der Waals surface area contributed by atoms with Gasteiger partial charge < -0.3 is 14.8 Å². The second kappa shape index (κ2) is 6.39. The average Bonchev–Trinajstić information content (AvgIpc) is 3.09. The fourth-order valence-corrected chi connectivity index (χ4v) is 3.61. The molecule has 2 aliphatic rings. The van der Waals surface area contributed by atoms with Gasteiger partial charge in [0.05, 0.1) is 24.3 Å². The lowest BCUT2D eigenvalue weighted by atomic mass is 10.2. The molecule has 6 nitrogen and oxygen atoms in total. The van der Waals surface area contributed by atoms with Gasteiger partial charge in [-0.2, -0.15) is 11.3 Å². The Bertz CT molecular complexity index is 749. The molecule has 1 saturated carbocycles. The molecular formula is C17H20N4O2S. The van der Waals surface area contributed by atoms with Gasteiger partial charge in [0.25, 0.3) is 5.91 Å². The molecule has 0 unspecified atom stereocenters. The quantitative estimate of drug-likeness (QED) is 0.902. The van der Waals surface area contributed by atoms with Crippen LogP contribution in [0.3, 0.4) is 0 Å². The second-order valence-corrected chi connectivity index (χ2v) is 7.28. The monoisotopic (exact) mass is 344 g/mol. The van der Waals surface area contributed by atoms with E-state index in [4.69, 9.17) is 0 Å². The van der Waals surface area contributed by atoms with Gasteiger partial charge in [-0.15, -0.1) is 0 Å². The minimum absolute atomic E-state index is 0.0600. The topological polar surface area (TPSA) is 67.2 Å². The number of nitrogens with one attached hydrogen (secondary N) is 1. The number of hydrogen-bond acceptors (Lipinski definition) is 4. The van der Waals surface area contributed by atoms with Crippen molar-refractivity contribution in [2.24, 2.45) is 5.92 Å². The lowest BCUT2D eigenvalue weighted by Gasteiger charge is -2.27. The molecule has 2 amide bonds. The van der Waals surface area contributed by atoms with Crippen LogP contribution in [0, 0.1) is 5.92 Å². The molecule has 4 rings (SSSR count). The van der Waals surface area contributed by atoms with Gasteiger partial charge in [-0.1, -0.05) is 0 Å². The van der Waals surface area contributed by atoms with Crippen molar-refractivity contribution in [2.45, 2.75) is 38.9 Å². The van der Waals surface area contributed by atoms with E-state index in [1.165, 1.54) is 24.2 Å². The number of nitrogens with zero attached hydrogens (tertiary/aromatic N) is 3. The number of aromatic nitrogens is 2. The van der Waals surface area contributed by atoms with Crippen LogP contribution in [0.25, 0.3) is 0 Å². The van der Waals surface area contributed by atoms with Gasteiger partial charge in [-0.25, -0.2) is 4.98 Å². The van der Waals surface area contributed by atoms with Crippen molar-refractivity contribution >= 4 is 23.2 Å². The maximum absolute atomic E-state index is 12.4. The van der Waals surface area contributed by atoms with Crippen LogP contribution in [-0.4, -0.2) is 32.8 Å². The third kappa shape index (κ3) is 3.36.